The summed E-state index contributed by atoms with van der Waals surface area (Å²) in [5, 5.41) is 34.6. The number of hydrogen-bond donors (Lipinski definition) is 1. The minimum Gasteiger partial charge on any atom is -0.358 e. The summed E-state index contributed by atoms with van der Waals surface area (Å²) in [4.78, 5) is 28.3. The van der Waals surface area contributed by atoms with Gasteiger partial charge in [-0.05, 0) is 9.85 Å². The van der Waals surface area contributed by atoms with E-state index in [1.807, 2.05) is 0 Å². The van der Waals surface area contributed by atoms with Crippen LogP contribution in [0.3, 0.4) is 0 Å². The highest BCUT2D eigenvalue weighted by atomic mass is 16.7. The van der Waals surface area contributed by atoms with Crippen molar-refractivity contribution in [1.82, 2.24) is 10.5 Å². The zero-order valence-electron chi connectivity index (χ0n) is 6.63. The van der Waals surface area contributed by atoms with E-state index in [1.165, 1.54) is 0 Å². The van der Waals surface area contributed by atoms with Crippen LogP contribution in [-0.2, 0) is 0 Å². The molecule has 0 atom stereocenters. The SMILES string of the molecule is O=[N+]([O-])C1=C([N+](=O)[O-])N([N+](=O)[O-])N=NN1. The van der Waals surface area contributed by atoms with E-state index < -0.39 is 31.6 Å². The Labute approximate surface area is 79.0 Å². The average Bonchev–Trinajstić information content (AvgIpc) is 2.16. The third kappa shape index (κ3) is 1.74. The van der Waals surface area contributed by atoms with Gasteiger partial charge in [-0.2, -0.15) is 0 Å². The van der Waals surface area contributed by atoms with E-state index in [9.17, 15) is 30.3 Å². The van der Waals surface area contributed by atoms with E-state index in [1.54, 1.807) is 5.43 Å². The quantitative estimate of drug-likeness (QED) is 0.467. The van der Waals surface area contributed by atoms with Crippen LogP contribution in [0.15, 0.2) is 22.1 Å². The number of nitrogens with zero attached hydrogens (tertiary/aromatic N) is 6. The molecule has 0 bridgehead atoms. The van der Waals surface area contributed by atoms with Gasteiger partial charge in [-0.25, -0.2) is 0 Å². The molecule has 0 saturated heterocycles. The molecule has 0 aromatic rings. The van der Waals surface area contributed by atoms with Crippen molar-refractivity contribution in [2.45, 2.75) is 0 Å². The van der Waals surface area contributed by atoms with Gasteiger partial charge in [-0.3, -0.25) is 0 Å². The second-order valence-electron chi connectivity index (χ2n) is 2.01. The van der Waals surface area contributed by atoms with Gasteiger partial charge in [-0.15, -0.1) is 0 Å². The Morgan fingerprint density at radius 1 is 1.13 bits per heavy atom. The number of nitrogens with one attached hydrogen (secondary N) is 1. The third-order valence-electron chi connectivity index (χ3n) is 1.20. The van der Waals surface area contributed by atoms with Gasteiger partial charge in [0.2, 0.25) is 5.12 Å². The lowest BCUT2D eigenvalue weighted by Gasteiger charge is -2.04. The van der Waals surface area contributed by atoms with Gasteiger partial charge in [0.15, 0.2) is 10.3 Å². The average molecular weight is 219 g/mol. The predicted molar refractivity (Wildman–Crippen MR) is 37.8 cm³/mol. The second kappa shape index (κ2) is 3.48. The molecule has 0 spiro atoms. The molecule has 1 aliphatic heterocycles. The smallest absolute Gasteiger partial charge is 0.358 e. The first-order chi connectivity index (χ1) is 6.95. The molecule has 0 saturated carbocycles. The molecule has 0 unspecified atom stereocenters. The molecule has 1 aliphatic rings. The first kappa shape index (κ1) is 10.2. The lowest BCUT2D eigenvalue weighted by Crippen LogP contribution is -2.36. The molecule has 1 N–H and O–H groups in total. The molecule has 0 aromatic carbocycles. The first-order valence-electron chi connectivity index (χ1n) is 3.09. The van der Waals surface area contributed by atoms with Gasteiger partial charge in [-0.1, -0.05) is 5.43 Å². The summed E-state index contributed by atoms with van der Waals surface area (Å²) in [6, 6.07) is 0. The van der Waals surface area contributed by atoms with Crippen LogP contribution in [-0.4, -0.2) is 20.0 Å². The van der Waals surface area contributed by atoms with Crippen LogP contribution in [0, 0.1) is 30.3 Å². The number of hydrogen-bond acceptors (Lipinski definition) is 9. The topological polar surface area (TPSA) is 169 Å². The summed E-state index contributed by atoms with van der Waals surface area (Å²) in [7, 11) is 0. The molecule has 80 valence electrons. The minimum atomic E-state index is -1.42. The van der Waals surface area contributed by atoms with Gasteiger partial charge in [0.1, 0.15) is 0 Å². The molecule has 1 heterocycles. The standard InChI is InChI=1S/C2HN7O6/c10-7(11)1-2(8(12)13)6(9(14)15)5-4-3-1/h(H,3,5). The van der Waals surface area contributed by atoms with Gasteiger partial charge < -0.3 is 30.3 Å². The molecule has 1 rings (SSSR count). The van der Waals surface area contributed by atoms with E-state index in [2.05, 4.69) is 10.4 Å². The normalized spacial score (nSPS) is 14.8. The van der Waals surface area contributed by atoms with Crippen LogP contribution in [0.1, 0.15) is 0 Å². The summed E-state index contributed by atoms with van der Waals surface area (Å²) in [6.45, 7) is 0. The fourth-order valence-corrected chi connectivity index (χ4v) is 0.691. The monoisotopic (exact) mass is 219 g/mol. The maximum atomic E-state index is 10.3. The summed E-state index contributed by atoms with van der Waals surface area (Å²) in [6.07, 6.45) is 0. The lowest BCUT2D eigenvalue weighted by molar-refractivity contribution is -0.687. The summed E-state index contributed by atoms with van der Waals surface area (Å²) >= 11 is 0. The summed E-state index contributed by atoms with van der Waals surface area (Å²) in [5.74, 6) is -2.65. The molecule has 0 radical (unpaired) electrons. The van der Waals surface area contributed by atoms with E-state index in [4.69, 9.17) is 0 Å². The number of nitro groups is 3. The van der Waals surface area contributed by atoms with Crippen LogP contribution >= 0.6 is 0 Å². The zero-order chi connectivity index (χ0) is 11.6. The van der Waals surface area contributed by atoms with E-state index in [0.717, 1.165) is 0 Å². The van der Waals surface area contributed by atoms with Crippen molar-refractivity contribution in [3.8, 4) is 0 Å². The highest BCUT2D eigenvalue weighted by molar-refractivity contribution is 4.94. The molecule has 15 heavy (non-hydrogen) atoms. The van der Waals surface area contributed by atoms with Crippen molar-refractivity contribution in [2.24, 2.45) is 10.4 Å². The minimum absolute atomic E-state index is 0.408. The van der Waals surface area contributed by atoms with Crippen LogP contribution in [0.2, 0.25) is 0 Å². The second-order valence-corrected chi connectivity index (χ2v) is 2.01. The van der Waals surface area contributed by atoms with Gasteiger partial charge >= 0.3 is 16.9 Å². The Kier molecular flexibility index (Phi) is 2.37. The Balaban J connectivity index is 3.27. The molecular formula is C2HN7O6. The van der Waals surface area contributed by atoms with Crippen molar-refractivity contribution in [2.75, 3.05) is 0 Å². The summed E-state index contributed by atoms with van der Waals surface area (Å²) in [5.41, 5.74) is 1.59. The lowest BCUT2D eigenvalue weighted by atomic mass is 10.6. The zero-order valence-corrected chi connectivity index (χ0v) is 6.63. The molecular weight excluding hydrogens is 218 g/mol. The Bertz CT molecular complexity index is 396. The van der Waals surface area contributed by atoms with Crippen LogP contribution in [0.5, 0.6) is 0 Å². The Morgan fingerprint density at radius 3 is 2.13 bits per heavy atom. The molecule has 0 aromatic heterocycles. The first-order valence-corrected chi connectivity index (χ1v) is 3.09. The Morgan fingerprint density at radius 2 is 1.73 bits per heavy atom. The molecule has 0 amide bonds. The fourth-order valence-electron chi connectivity index (χ4n) is 0.691. The van der Waals surface area contributed by atoms with Crippen molar-refractivity contribution in [3.63, 3.8) is 0 Å². The molecule has 13 nitrogen and oxygen atoms in total. The van der Waals surface area contributed by atoms with Crippen molar-refractivity contribution < 1.29 is 14.9 Å². The number of rotatable bonds is 3. The highest BCUT2D eigenvalue weighted by Gasteiger charge is 2.48. The van der Waals surface area contributed by atoms with Crippen molar-refractivity contribution >= 4 is 0 Å². The van der Waals surface area contributed by atoms with Gasteiger partial charge in [0, 0.05) is 0 Å². The summed E-state index contributed by atoms with van der Waals surface area (Å²) < 4.78 is 0. The van der Waals surface area contributed by atoms with E-state index in [-0.39, 0.29) is 0 Å². The fraction of sp³-hybridized carbons (Fsp3) is 0. The van der Waals surface area contributed by atoms with E-state index >= 15 is 0 Å². The predicted octanol–water partition coefficient (Wildman–Crippen LogP) is -0.955. The number of hydrazine groups is 1. The molecule has 13 heteroatoms. The maximum absolute atomic E-state index is 10.3. The Hall–Kier alpha value is -2.86. The van der Waals surface area contributed by atoms with Crippen molar-refractivity contribution in [3.05, 3.63) is 42.0 Å². The maximum Gasteiger partial charge on any atom is 0.513 e. The van der Waals surface area contributed by atoms with E-state index in [0.29, 0.717) is 0 Å². The molecule has 0 aliphatic carbocycles. The van der Waals surface area contributed by atoms with Crippen molar-refractivity contribution in [1.29, 1.82) is 0 Å². The van der Waals surface area contributed by atoms with Gasteiger partial charge in [0.05, 0.1) is 0 Å². The molecule has 0 fully saturated rings. The van der Waals surface area contributed by atoms with Crippen LogP contribution < -0.4 is 5.43 Å². The largest absolute Gasteiger partial charge is 0.513 e. The van der Waals surface area contributed by atoms with Crippen LogP contribution in [0.4, 0.5) is 0 Å². The third-order valence-corrected chi connectivity index (χ3v) is 1.20. The van der Waals surface area contributed by atoms with Gasteiger partial charge in [0.25, 0.3) is 0 Å². The highest BCUT2D eigenvalue weighted by Crippen LogP contribution is 2.14. The van der Waals surface area contributed by atoms with Crippen LogP contribution in [0.25, 0.3) is 0 Å².